The van der Waals surface area contributed by atoms with Crippen LogP contribution < -0.4 is 16.0 Å². The first-order chi connectivity index (χ1) is 12.9. The van der Waals surface area contributed by atoms with Gasteiger partial charge in [0.15, 0.2) is 0 Å². The van der Waals surface area contributed by atoms with Crippen LogP contribution in [0.15, 0.2) is 24.3 Å². The lowest BCUT2D eigenvalue weighted by Gasteiger charge is -2.42. The molecule has 3 atom stereocenters. The first-order valence-corrected chi connectivity index (χ1v) is 9.61. The van der Waals surface area contributed by atoms with Gasteiger partial charge in [0.1, 0.15) is 5.54 Å². The summed E-state index contributed by atoms with van der Waals surface area (Å²) in [5, 5.41) is 18.5. The number of imide groups is 1. The quantitative estimate of drug-likeness (QED) is 0.585. The molecule has 144 valence electrons. The molecule has 4 N–H and O–H groups in total. The zero-order chi connectivity index (χ0) is 19.2. The predicted molar refractivity (Wildman–Crippen MR) is 97.8 cm³/mol. The summed E-state index contributed by atoms with van der Waals surface area (Å²) >= 11 is 6.13. The molecule has 4 rings (SSSR count). The second-order valence-corrected chi connectivity index (χ2v) is 8.30. The number of hydrogen-bond donors (Lipinski definition) is 4. The molecular formula is C19H22ClN3O4. The number of nitrogens with one attached hydrogen (secondary N) is 3. The van der Waals surface area contributed by atoms with Crippen LogP contribution in [0.5, 0.6) is 0 Å². The fourth-order valence-electron chi connectivity index (χ4n) is 4.52. The Labute approximate surface area is 161 Å². The highest BCUT2D eigenvalue weighted by Gasteiger charge is 2.57. The van der Waals surface area contributed by atoms with Gasteiger partial charge in [0.2, 0.25) is 5.91 Å². The number of halogens is 1. The molecule has 1 spiro atoms. The second-order valence-electron chi connectivity index (χ2n) is 7.86. The van der Waals surface area contributed by atoms with Gasteiger partial charge in [0, 0.05) is 10.9 Å². The summed E-state index contributed by atoms with van der Waals surface area (Å²) in [5.41, 5.74) is -0.0234. The van der Waals surface area contributed by atoms with Crippen LogP contribution in [0.4, 0.5) is 4.79 Å². The van der Waals surface area contributed by atoms with E-state index in [1.165, 1.54) is 0 Å². The van der Waals surface area contributed by atoms with E-state index >= 15 is 0 Å². The molecule has 4 amide bonds. The van der Waals surface area contributed by atoms with E-state index in [1.807, 2.05) is 18.2 Å². The van der Waals surface area contributed by atoms with Gasteiger partial charge in [-0.3, -0.25) is 14.9 Å². The summed E-state index contributed by atoms with van der Waals surface area (Å²) in [7, 11) is 0. The van der Waals surface area contributed by atoms with Crippen LogP contribution in [0.1, 0.15) is 43.7 Å². The van der Waals surface area contributed by atoms with Gasteiger partial charge in [-0.1, -0.05) is 23.7 Å². The third-order valence-corrected chi connectivity index (χ3v) is 6.23. The lowest BCUT2D eigenvalue weighted by molar-refractivity contribution is -0.137. The maximum absolute atomic E-state index is 12.8. The van der Waals surface area contributed by atoms with Crippen LogP contribution in [0.25, 0.3) is 0 Å². The van der Waals surface area contributed by atoms with Crippen LogP contribution >= 0.6 is 11.6 Å². The van der Waals surface area contributed by atoms with Crippen LogP contribution in [0.2, 0.25) is 5.02 Å². The minimum Gasteiger partial charge on any atom is -0.393 e. The monoisotopic (exact) mass is 391 g/mol. The molecule has 0 bridgehead atoms. The van der Waals surface area contributed by atoms with Crippen molar-refractivity contribution in [2.24, 2.45) is 11.8 Å². The van der Waals surface area contributed by atoms with E-state index in [0.29, 0.717) is 24.3 Å². The lowest BCUT2D eigenvalue weighted by atomic mass is 9.67. The smallest absolute Gasteiger partial charge is 0.322 e. The number of benzene rings is 1. The standard InChI is InChI=1S/C19H22ClN3O4/c20-13-3-1-2-10(6-13)15(11-4-5-14(24)7-11)21-16(25)12-8-19(9-12)17(26)22-18(27)23-19/h1-3,6,11-12,14-15,24H,4-5,7-9H2,(H,21,25)(H2,22,23,26,27)/t11-,12?,14-,15-,19?/m0/s1. The molecule has 1 aromatic carbocycles. The van der Waals surface area contributed by atoms with E-state index in [2.05, 4.69) is 16.0 Å². The lowest BCUT2D eigenvalue weighted by Crippen LogP contribution is -2.60. The normalized spacial score (nSPS) is 33.3. The molecule has 7 nitrogen and oxygen atoms in total. The Balaban J connectivity index is 1.46. The minimum absolute atomic E-state index is 0.130. The maximum Gasteiger partial charge on any atom is 0.322 e. The molecule has 2 aliphatic carbocycles. The van der Waals surface area contributed by atoms with Gasteiger partial charge in [-0.05, 0) is 55.7 Å². The number of urea groups is 1. The summed E-state index contributed by atoms with van der Waals surface area (Å²) in [4.78, 5) is 36.1. The number of rotatable bonds is 4. The highest BCUT2D eigenvalue weighted by molar-refractivity contribution is 6.30. The first kappa shape index (κ1) is 18.3. The van der Waals surface area contributed by atoms with Crippen LogP contribution in [0, 0.1) is 11.8 Å². The van der Waals surface area contributed by atoms with Crippen LogP contribution in [-0.4, -0.2) is 34.6 Å². The topological polar surface area (TPSA) is 108 Å². The maximum atomic E-state index is 12.8. The number of amides is 4. The van der Waals surface area contributed by atoms with Crippen molar-refractivity contribution < 1.29 is 19.5 Å². The van der Waals surface area contributed by atoms with E-state index in [0.717, 1.165) is 18.4 Å². The number of aliphatic hydroxyl groups is 1. The van der Waals surface area contributed by atoms with Crippen molar-refractivity contribution in [1.82, 2.24) is 16.0 Å². The SMILES string of the molecule is O=C1NC(=O)C2(CC(C(=O)N[C@@H](c3cccc(Cl)c3)[C@H]3CC[C@H](O)C3)C2)N1. The highest BCUT2D eigenvalue weighted by Crippen LogP contribution is 2.42. The molecule has 8 heteroatoms. The average Bonchev–Trinajstić information content (AvgIpc) is 3.13. The van der Waals surface area contributed by atoms with Gasteiger partial charge in [-0.25, -0.2) is 4.79 Å². The third-order valence-electron chi connectivity index (χ3n) is 6.00. The molecule has 2 saturated carbocycles. The summed E-state index contributed by atoms with van der Waals surface area (Å²) in [6.07, 6.45) is 2.42. The first-order valence-electron chi connectivity index (χ1n) is 9.24. The fraction of sp³-hybridized carbons (Fsp3) is 0.526. The molecule has 1 saturated heterocycles. The Hall–Kier alpha value is -2.12. The average molecular weight is 392 g/mol. The Morgan fingerprint density at radius 1 is 1.30 bits per heavy atom. The third kappa shape index (κ3) is 3.41. The zero-order valence-corrected chi connectivity index (χ0v) is 15.5. The van der Waals surface area contributed by atoms with E-state index in [1.54, 1.807) is 6.07 Å². The van der Waals surface area contributed by atoms with Crippen molar-refractivity contribution in [3.63, 3.8) is 0 Å². The van der Waals surface area contributed by atoms with Crippen molar-refractivity contribution in [2.75, 3.05) is 0 Å². The Kier molecular flexibility index (Phi) is 4.60. The van der Waals surface area contributed by atoms with Crippen molar-refractivity contribution in [2.45, 2.75) is 49.8 Å². The Morgan fingerprint density at radius 3 is 2.67 bits per heavy atom. The molecule has 3 fully saturated rings. The van der Waals surface area contributed by atoms with Crippen molar-refractivity contribution in [3.8, 4) is 0 Å². The molecular weight excluding hydrogens is 370 g/mol. The molecule has 0 unspecified atom stereocenters. The number of carbonyl (C=O) groups excluding carboxylic acids is 3. The zero-order valence-electron chi connectivity index (χ0n) is 14.7. The van der Waals surface area contributed by atoms with Gasteiger partial charge < -0.3 is 15.7 Å². The van der Waals surface area contributed by atoms with Crippen molar-refractivity contribution in [3.05, 3.63) is 34.9 Å². The summed E-state index contributed by atoms with van der Waals surface area (Å²) < 4.78 is 0. The van der Waals surface area contributed by atoms with Crippen molar-refractivity contribution >= 4 is 29.4 Å². The molecule has 0 aromatic heterocycles. The summed E-state index contributed by atoms with van der Waals surface area (Å²) in [5.74, 6) is -0.698. The Morgan fingerprint density at radius 2 is 2.07 bits per heavy atom. The highest BCUT2D eigenvalue weighted by atomic mass is 35.5. The Bertz CT molecular complexity index is 793. The summed E-state index contributed by atoms with van der Waals surface area (Å²) in [6, 6.07) is 6.65. The molecule has 1 heterocycles. The van der Waals surface area contributed by atoms with Gasteiger partial charge in [-0.15, -0.1) is 0 Å². The molecule has 1 aliphatic heterocycles. The number of aliphatic hydroxyl groups excluding tert-OH is 1. The molecule has 27 heavy (non-hydrogen) atoms. The predicted octanol–water partition coefficient (Wildman–Crippen LogP) is 1.65. The fourth-order valence-corrected chi connectivity index (χ4v) is 4.72. The minimum atomic E-state index is -0.936. The van der Waals surface area contributed by atoms with Crippen LogP contribution in [-0.2, 0) is 9.59 Å². The molecule has 1 aromatic rings. The van der Waals surface area contributed by atoms with E-state index in [-0.39, 0.29) is 35.8 Å². The van der Waals surface area contributed by atoms with Gasteiger partial charge >= 0.3 is 6.03 Å². The van der Waals surface area contributed by atoms with Crippen molar-refractivity contribution in [1.29, 1.82) is 0 Å². The van der Waals surface area contributed by atoms with Gasteiger partial charge in [0.05, 0.1) is 12.1 Å². The van der Waals surface area contributed by atoms with Crippen LogP contribution in [0.3, 0.4) is 0 Å². The second kappa shape index (κ2) is 6.80. The van der Waals surface area contributed by atoms with E-state index in [9.17, 15) is 19.5 Å². The molecule has 0 radical (unpaired) electrons. The molecule has 3 aliphatic rings. The summed E-state index contributed by atoms with van der Waals surface area (Å²) in [6.45, 7) is 0. The van der Waals surface area contributed by atoms with E-state index in [4.69, 9.17) is 11.6 Å². The van der Waals surface area contributed by atoms with Gasteiger partial charge in [-0.2, -0.15) is 0 Å². The number of hydrogen-bond acceptors (Lipinski definition) is 4. The van der Waals surface area contributed by atoms with Gasteiger partial charge in [0.25, 0.3) is 5.91 Å². The number of carbonyl (C=O) groups is 3. The van der Waals surface area contributed by atoms with E-state index < -0.39 is 11.6 Å². The largest absolute Gasteiger partial charge is 0.393 e.